The van der Waals surface area contributed by atoms with Crippen LogP contribution in [0.25, 0.3) is 0 Å². The summed E-state index contributed by atoms with van der Waals surface area (Å²) in [6.07, 6.45) is 0. The van der Waals surface area contributed by atoms with Gasteiger partial charge in [-0.3, -0.25) is 4.79 Å². The lowest BCUT2D eigenvalue weighted by Gasteiger charge is -2.08. The number of carbonyl (C=O) groups is 1. The molecule has 0 aliphatic rings. The molecule has 0 bridgehead atoms. The molecule has 5 nitrogen and oxygen atoms in total. The van der Waals surface area contributed by atoms with E-state index in [-0.39, 0.29) is 17.1 Å². The first-order valence-electron chi connectivity index (χ1n) is 3.52. The molecule has 0 aliphatic carbocycles. The maximum Gasteiger partial charge on any atom is 0.325 e. The first kappa shape index (κ1) is 9.34. The van der Waals surface area contributed by atoms with E-state index in [0.29, 0.717) is 0 Å². The highest BCUT2D eigenvalue weighted by Gasteiger charge is 2.18. The predicted octanol–water partition coefficient (Wildman–Crippen LogP) is 0.182. The summed E-state index contributed by atoms with van der Waals surface area (Å²) in [6, 6.07) is 2.22. The summed E-state index contributed by atoms with van der Waals surface area (Å²) in [5, 5.41) is 26.7. The lowest BCUT2D eigenvalue weighted by molar-refractivity contribution is -0.138. The molecule has 0 saturated heterocycles. The first-order chi connectivity index (χ1) is 6.02. The zero-order valence-electron chi connectivity index (χ0n) is 6.64. The Morgan fingerprint density at radius 3 is 2.54 bits per heavy atom. The molecule has 0 aliphatic heterocycles. The molecular formula is C8H9NO4. The Bertz CT molecular complexity index is 337. The van der Waals surface area contributed by atoms with Gasteiger partial charge >= 0.3 is 5.97 Å². The number of benzene rings is 1. The average Bonchev–Trinajstić information content (AvgIpc) is 2.08. The third kappa shape index (κ3) is 1.88. The second-order valence-electron chi connectivity index (χ2n) is 2.56. The third-order valence-corrected chi connectivity index (χ3v) is 1.61. The van der Waals surface area contributed by atoms with E-state index < -0.39 is 12.0 Å². The fraction of sp³-hybridized carbons (Fsp3) is 0.125. The number of aliphatic carboxylic acids is 1. The van der Waals surface area contributed by atoms with Crippen LogP contribution in [0.1, 0.15) is 11.6 Å². The Labute approximate surface area is 74.0 Å². The summed E-state index contributed by atoms with van der Waals surface area (Å²) in [5.41, 5.74) is 5.23. The minimum atomic E-state index is -1.33. The van der Waals surface area contributed by atoms with Crippen molar-refractivity contribution in [1.29, 1.82) is 0 Å². The van der Waals surface area contributed by atoms with Crippen LogP contribution in [-0.4, -0.2) is 21.3 Å². The number of nitrogens with two attached hydrogens (primary N) is 1. The van der Waals surface area contributed by atoms with E-state index >= 15 is 0 Å². The van der Waals surface area contributed by atoms with E-state index in [1.54, 1.807) is 0 Å². The molecular weight excluding hydrogens is 174 g/mol. The van der Waals surface area contributed by atoms with Gasteiger partial charge in [0.05, 0.1) is 0 Å². The second-order valence-corrected chi connectivity index (χ2v) is 2.56. The monoisotopic (exact) mass is 183 g/mol. The summed E-state index contributed by atoms with van der Waals surface area (Å²) in [7, 11) is 0. The first-order valence-corrected chi connectivity index (χ1v) is 3.52. The molecule has 1 aromatic carbocycles. The van der Waals surface area contributed by atoms with Gasteiger partial charge in [-0.25, -0.2) is 0 Å². The van der Waals surface area contributed by atoms with Crippen LogP contribution in [0.2, 0.25) is 0 Å². The van der Waals surface area contributed by atoms with Gasteiger partial charge in [0.25, 0.3) is 0 Å². The molecule has 0 fully saturated rings. The number of carboxylic acids is 1. The number of hydrogen-bond acceptors (Lipinski definition) is 4. The Balaban J connectivity index is 3.12. The van der Waals surface area contributed by atoms with Crippen molar-refractivity contribution in [2.45, 2.75) is 6.04 Å². The quantitative estimate of drug-likeness (QED) is 0.490. The summed E-state index contributed by atoms with van der Waals surface area (Å²) in [6.45, 7) is 0. The van der Waals surface area contributed by atoms with Gasteiger partial charge < -0.3 is 21.1 Å². The Morgan fingerprint density at radius 1 is 1.38 bits per heavy atom. The molecule has 1 atom stereocenters. The van der Waals surface area contributed by atoms with Crippen LogP contribution in [0.3, 0.4) is 0 Å². The maximum absolute atomic E-state index is 10.4. The molecule has 13 heavy (non-hydrogen) atoms. The summed E-state index contributed by atoms with van der Waals surface area (Å²) < 4.78 is 0. The van der Waals surface area contributed by atoms with E-state index in [1.807, 2.05) is 0 Å². The number of aromatic hydroxyl groups is 2. The van der Waals surface area contributed by atoms with Gasteiger partial charge in [0.15, 0.2) is 0 Å². The maximum atomic E-state index is 10.4. The van der Waals surface area contributed by atoms with Crippen molar-refractivity contribution in [3.63, 3.8) is 0 Å². The van der Waals surface area contributed by atoms with E-state index in [4.69, 9.17) is 15.9 Å². The molecule has 0 saturated carbocycles. The fourth-order valence-electron chi connectivity index (χ4n) is 0.924. The van der Waals surface area contributed by atoms with Gasteiger partial charge in [0.1, 0.15) is 17.5 Å². The highest BCUT2D eigenvalue weighted by atomic mass is 16.4. The number of phenolic OH excluding ortho intramolecular Hbond substituents is 2. The minimum Gasteiger partial charge on any atom is -0.508 e. The van der Waals surface area contributed by atoms with Gasteiger partial charge in [-0.2, -0.15) is 0 Å². The molecule has 0 amide bonds. The van der Waals surface area contributed by atoms with Crippen molar-refractivity contribution in [2.75, 3.05) is 0 Å². The van der Waals surface area contributed by atoms with Crippen LogP contribution in [0.5, 0.6) is 11.5 Å². The molecule has 0 aromatic heterocycles. The second kappa shape index (κ2) is 3.32. The zero-order valence-corrected chi connectivity index (χ0v) is 6.64. The molecule has 5 heteroatoms. The number of hydrogen-bond donors (Lipinski definition) is 4. The van der Waals surface area contributed by atoms with Crippen molar-refractivity contribution >= 4 is 5.97 Å². The third-order valence-electron chi connectivity index (χ3n) is 1.61. The van der Waals surface area contributed by atoms with Crippen LogP contribution in [-0.2, 0) is 4.79 Å². The van der Waals surface area contributed by atoms with Crippen LogP contribution in [0, 0.1) is 0 Å². The summed E-state index contributed by atoms with van der Waals surface area (Å²) >= 11 is 0. The van der Waals surface area contributed by atoms with Crippen molar-refractivity contribution in [3.8, 4) is 11.5 Å². The fourth-order valence-corrected chi connectivity index (χ4v) is 0.924. The van der Waals surface area contributed by atoms with Gasteiger partial charge in [0, 0.05) is 5.56 Å². The van der Waals surface area contributed by atoms with Crippen LogP contribution in [0.15, 0.2) is 18.2 Å². The van der Waals surface area contributed by atoms with Crippen LogP contribution in [0.4, 0.5) is 0 Å². The van der Waals surface area contributed by atoms with E-state index in [0.717, 1.165) is 6.07 Å². The standard InChI is InChI=1S/C8H9NO4/c9-7(8(12)13)5-3-4(10)1-2-6(5)11/h1-3,7,10-11H,9H2,(H,12,13)/t7-/m0/s1. The minimum absolute atomic E-state index is 0.00694. The highest BCUT2D eigenvalue weighted by Crippen LogP contribution is 2.26. The molecule has 5 N–H and O–H groups in total. The van der Waals surface area contributed by atoms with Gasteiger partial charge in [-0.1, -0.05) is 0 Å². The molecule has 70 valence electrons. The van der Waals surface area contributed by atoms with Crippen molar-refractivity contribution in [1.82, 2.24) is 0 Å². The number of carboxylic acid groups (broad SMARTS) is 1. The molecule has 0 spiro atoms. The van der Waals surface area contributed by atoms with Crippen molar-refractivity contribution < 1.29 is 20.1 Å². The Hall–Kier alpha value is -1.75. The molecule has 0 heterocycles. The van der Waals surface area contributed by atoms with Crippen molar-refractivity contribution in [2.24, 2.45) is 5.73 Å². The molecule has 1 rings (SSSR count). The smallest absolute Gasteiger partial charge is 0.325 e. The van der Waals surface area contributed by atoms with E-state index in [1.165, 1.54) is 12.1 Å². The van der Waals surface area contributed by atoms with Gasteiger partial charge in [0.2, 0.25) is 0 Å². The summed E-state index contributed by atoms with van der Waals surface area (Å²) in [5.74, 6) is -1.64. The van der Waals surface area contributed by atoms with E-state index in [9.17, 15) is 9.90 Å². The molecule has 1 aromatic rings. The average molecular weight is 183 g/mol. The highest BCUT2D eigenvalue weighted by molar-refractivity contribution is 5.76. The summed E-state index contributed by atoms with van der Waals surface area (Å²) in [4.78, 5) is 10.4. The van der Waals surface area contributed by atoms with Crippen LogP contribution >= 0.6 is 0 Å². The van der Waals surface area contributed by atoms with E-state index in [2.05, 4.69) is 0 Å². The molecule has 0 radical (unpaired) electrons. The molecule has 0 unspecified atom stereocenters. The van der Waals surface area contributed by atoms with Crippen LogP contribution < -0.4 is 5.73 Å². The topological polar surface area (TPSA) is 104 Å². The Kier molecular flexibility index (Phi) is 2.39. The van der Waals surface area contributed by atoms with Gasteiger partial charge in [-0.05, 0) is 18.2 Å². The normalized spacial score (nSPS) is 12.4. The largest absolute Gasteiger partial charge is 0.508 e. The zero-order chi connectivity index (χ0) is 10.0. The number of phenols is 2. The lowest BCUT2D eigenvalue weighted by atomic mass is 10.1. The lowest BCUT2D eigenvalue weighted by Crippen LogP contribution is -2.20. The van der Waals surface area contributed by atoms with Crippen molar-refractivity contribution in [3.05, 3.63) is 23.8 Å². The Morgan fingerprint density at radius 2 is 2.00 bits per heavy atom. The number of rotatable bonds is 2. The SMILES string of the molecule is N[C@H](C(=O)O)c1cc(O)ccc1O. The van der Waals surface area contributed by atoms with Gasteiger partial charge in [-0.15, -0.1) is 0 Å². The predicted molar refractivity (Wildman–Crippen MR) is 44.3 cm³/mol.